The molecular formula is C24H18Cl3N3O4. The largest absolute Gasteiger partial charge is 0.490 e. The first kappa shape index (κ1) is 23.9. The molecule has 0 saturated carbocycles. The molecule has 1 saturated heterocycles. The summed E-state index contributed by atoms with van der Waals surface area (Å²) in [7, 11) is 0. The van der Waals surface area contributed by atoms with E-state index in [2.05, 4.69) is 5.32 Å². The molecular weight excluding hydrogens is 501 g/mol. The van der Waals surface area contributed by atoms with Crippen molar-refractivity contribution in [3.05, 3.63) is 86.6 Å². The third-order valence-electron chi connectivity index (χ3n) is 5.16. The number of rotatable bonds is 6. The molecule has 0 radical (unpaired) electrons. The Morgan fingerprint density at radius 1 is 1.00 bits per heavy atom. The number of carbonyl (C=O) groups excluding carboxylic acids is 3. The Hall–Kier alpha value is -3.26. The Bertz CT molecular complexity index is 1330. The van der Waals surface area contributed by atoms with Gasteiger partial charge in [0.25, 0.3) is 11.8 Å². The van der Waals surface area contributed by atoms with Crippen LogP contribution in [0.5, 0.6) is 5.75 Å². The van der Waals surface area contributed by atoms with Crippen LogP contribution >= 0.6 is 34.8 Å². The molecule has 1 N–H and O–H groups in total. The maximum Gasteiger partial charge on any atom is 0.335 e. The molecule has 34 heavy (non-hydrogen) atoms. The van der Waals surface area contributed by atoms with E-state index in [4.69, 9.17) is 39.5 Å². The number of ether oxygens (including phenoxy) is 1. The van der Waals surface area contributed by atoms with Crippen LogP contribution in [0.25, 0.3) is 6.08 Å². The van der Waals surface area contributed by atoms with Gasteiger partial charge in [-0.25, -0.2) is 9.69 Å². The molecule has 0 aliphatic carbocycles. The topological polar surface area (TPSA) is 80.6 Å². The molecule has 0 atom stereocenters. The Labute approximate surface area is 210 Å². The number of aromatic nitrogens is 1. The molecule has 1 aliphatic heterocycles. The summed E-state index contributed by atoms with van der Waals surface area (Å²) < 4.78 is 7.52. The average Bonchev–Trinajstić information content (AvgIpc) is 3.23. The van der Waals surface area contributed by atoms with Crippen molar-refractivity contribution in [1.82, 2.24) is 9.88 Å². The molecule has 1 fully saturated rings. The van der Waals surface area contributed by atoms with Crippen LogP contribution in [-0.4, -0.2) is 29.0 Å². The second kappa shape index (κ2) is 9.93. The molecule has 4 amide bonds. The maximum absolute atomic E-state index is 13.1. The van der Waals surface area contributed by atoms with Crippen LogP contribution in [0.1, 0.15) is 11.3 Å². The van der Waals surface area contributed by atoms with Crippen LogP contribution < -0.4 is 15.0 Å². The lowest BCUT2D eigenvalue weighted by atomic mass is 10.1. The van der Waals surface area contributed by atoms with Gasteiger partial charge in [0, 0.05) is 28.0 Å². The van der Waals surface area contributed by atoms with Gasteiger partial charge in [-0.2, -0.15) is 0 Å². The third kappa shape index (κ3) is 4.97. The maximum atomic E-state index is 13.1. The van der Waals surface area contributed by atoms with Gasteiger partial charge in [-0.15, -0.1) is 0 Å². The number of benzene rings is 2. The lowest BCUT2D eigenvalue weighted by molar-refractivity contribution is -0.122. The molecule has 10 heteroatoms. The Morgan fingerprint density at radius 3 is 2.56 bits per heavy atom. The van der Waals surface area contributed by atoms with Gasteiger partial charge in [0.15, 0.2) is 0 Å². The number of imide groups is 2. The summed E-state index contributed by atoms with van der Waals surface area (Å²) in [5, 5.41) is 3.54. The highest BCUT2D eigenvalue weighted by atomic mass is 35.5. The standard InChI is InChI=1S/C24H18Cl3N3O4/c1-14-4-6-17(13-20(14)27)30-23(32)18(22(31)28-24(30)33)12-16-3-2-8-29(16)9-10-34-21-11-15(25)5-7-19(21)26/h2-8,11-13H,9-10H2,1H3,(H,28,31,33)/b18-12+. The first-order valence-electron chi connectivity index (χ1n) is 10.1. The van der Waals surface area contributed by atoms with Gasteiger partial charge >= 0.3 is 6.03 Å². The highest BCUT2D eigenvalue weighted by Crippen LogP contribution is 2.28. The highest BCUT2D eigenvalue weighted by Gasteiger charge is 2.37. The molecule has 0 spiro atoms. The molecule has 3 aromatic rings. The van der Waals surface area contributed by atoms with Crippen molar-refractivity contribution < 1.29 is 19.1 Å². The van der Waals surface area contributed by atoms with Gasteiger partial charge < -0.3 is 9.30 Å². The first-order chi connectivity index (χ1) is 16.2. The fourth-order valence-corrected chi connectivity index (χ4v) is 3.87. The van der Waals surface area contributed by atoms with E-state index in [1.807, 2.05) is 0 Å². The van der Waals surface area contributed by atoms with Gasteiger partial charge in [-0.3, -0.25) is 14.9 Å². The number of carbonyl (C=O) groups is 3. The fourth-order valence-electron chi connectivity index (χ4n) is 3.36. The van der Waals surface area contributed by atoms with E-state index in [1.165, 1.54) is 12.1 Å². The van der Waals surface area contributed by atoms with Gasteiger partial charge in [-0.1, -0.05) is 40.9 Å². The van der Waals surface area contributed by atoms with Crippen LogP contribution in [0.4, 0.5) is 10.5 Å². The number of nitrogens with one attached hydrogen (secondary N) is 1. The quantitative estimate of drug-likeness (QED) is 0.345. The predicted octanol–water partition coefficient (Wildman–Crippen LogP) is 5.50. The number of hydrogen-bond donors (Lipinski definition) is 1. The van der Waals surface area contributed by atoms with Crippen molar-refractivity contribution in [3.63, 3.8) is 0 Å². The van der Waals surface area contributed by atoms with Gasteiger partial charge in [0.05, 0.1) is 17.3 Å². The van der Waals surface area contributed by atoms with E-state index in [-0.39, 0.29) is 17.9 Å². The van der Waals surface area contributed by atoms with Crippen molar-refractivity contribution in [1.29, 1.82) is 0 Å². The van der Waals surface area contributed by atoms with Crippen molar-refractivity contribution in [2.45, 2.75) is 13.5 Å². The smallest absolute Gasteiger partial charge is 0.335 e. The van der Waals surface area contributed by atoms with Crippen LogP contribution in [0.3, 0.4) is 0 Å². The molecule has 2 heterocycles. The predicted molar refractivity (Wildman–Crippen MR) is 132 cm³/mol. The molecule has 1 aromatic heterocycles. The molecule has 0 bridgehead atoms. The minimum Gasteiger partial charge on any atom is -0.490 e. The third-order valence-corrected chi connectivity index (χ3v) is 6.11. The van der Waals surface area contributed by atoms with Crippen molar-refractivity contribution in [2.75, 3.05) is 11.5 Å². The summed E-state index contributed by atoms with van der Waals surface area (Å²) in [5.41, 5.74) is 1.45. The summed E-state index contributed by atoms with van der Waals surface area (Å²) in [4.78, 5) is 38.9. The number of halogens is 3. The summed E-state index contributed by atoms with van der Waals surface area (Å²) in [6.07, 6.45) is 3.21. The van der Waals surface area contributed by atoms with Crippen molar-refractivity contribution in [3.8, 4) is 5.75 Å². The van der Waals surface area contributed by atoms with Crippen LogP contribution in [-0.2, 0) is 16.1 Å². The summed E-state index contributed by atoms with van der Waals surface area (Å²) in [6, 6.07) is 12.4. The SMILES string of the molecule is Cc1ccc(N2C(=O)NC(=O)/C(=C\c3cccn3CCOc3cc(Cl)ccc3Cl)C2=O)cc1Cl. The monoisotopic (exact) mass is 517 g/mol. The van der Waals surface area contributed by atoms with Crippen LogP contribution in [0.2, 0.25) is 15.1 Å². The Morgan fingerprint density at radius 2 is 1.79 bits per heavy atom. The zero-order valence-electron chi connectivity index (χ0n) is 17.8. The number of barbiturate groups is 1. The summed E-state index contributed by atoms with van der Waals surface area (Å²) >= 11 is 18.3. The zero-order chi connectivity index (χ0) is 24.4. The normalized spacial score (nSPS) is 15.1. The van der Waals surface area contributed by atoms with E-state index in [0.717, 1.165) is 10.5 Å². The highest BCUT2D eigenvalue weighted by molar-refractivity contribution is 6.39. The Kier molecular flexibility index (Phi) is 6.97. The summed E-state index contributed by atoms with van der Waals surface area (Å²) in [5.74, 6) is -1.07. The van der Waals surface area contributed by atoms with E-state index in [0.29, 0.717) is 33.1 Å². The molecule has 174 valence electrons. The fraction of sp³-hybridized carbons (Fsp3) is 0.125. The number of nitrogens with zero attached hydrogens (tertiary/aromatic N) is 2. The minimum absolute atomic E-state index is 0.185. The lowest BCUT2D eigenvalue weighted by Crippen LogP contribution is -2.54. The van der Waals surface area contributed by atoms with Crippen LogP contribution in [0, 0.1) is 6.92 Å². The van der Waals surface area contributed by atoms with E-state index < -0.39 is 17.8 Å². The second-order valence-electron chi connectivity index (χ2n) is 7.44. The van der Waals surface area contributed by atoms with Crippen molar-refractivity contribution in [2.24, 2.45) is 0 Å². The van der Waals surface area contributed by atoms with Gasteiger partial charge in [-0.05, 0) is 55.0 Å². The molecule has 1 aliphatic rings. The number of aryl methyl sites for hydroxylation is 1. The van der Waals surface area contributed by atoms with E-state index in [1.54, 1.807) is 60.2 Å². The van der Waals surface area contributed by atoms with E-state index in [9.17, 15) is 14.4 Å². The number of hydrogen-bond acceptors (Lipinski definition) is 4. The molecule has 7 nitrogen and oxygen atoms in total. The Balaban J connectivity index is 1.55. The lowest BCUT2D eigenvalue weighted by Gasteiger charge is -2.26. The minimum atomic E-state index is -0.839. The first-order valence-corrected chi connectivity index (χ1v) is 11.3. The number of anilines is 1. The number of urea groups is 1. The average molecular weight is 519 g/mol. The van der Waals surface area contributed by atoms with Gasteiger partial charge in [0.2, 0.25) is 0 Å². The molecule has 2 aromatic carbocycles. The molecule has 0 unspecified atom stereocenters. The summed E-state index contributed by atoms with van der Waals surface area (Å²) in [6.45, 7) is 2.47. The number of amides is 4. The zero-order valence-corrected chi connectivity index (χ0v) is 20.1. The van der Waals surface area contributed by atoms with E-state index >= 15 is 0 Å². The molecule has 4 rings (SSSR count). The van der Waals surface area contributed by atoms with Crippen LogP contribution in [0.15, 0.2) is 60.3 Å². The van der Waals surface area contributed by atoms with Crippen molar-refractivity contribution >= 4 is 64.4 Å². The van der Waals surface area contributed by atoms with Gasteiger partial charge in [0.1, 0.15) is 17.9 Å². The second-order valence-corrected chi connectivity index (χ2v) is 8.69.